The maximum atomic E-state index is 13.6. The fourth-order valence-electron chi connectivity index (χ4n) is 4.92. The zero-order chi connectivity index (χ0) is 23.7. The van der Waals surface area contributed by atoms with Crippen LogP contribution in [0, 0.1) is 5.92 Å². The van der Waals surface area contributed by atoms with Crippen molar-refractivity contribution in [2.75, 3.05) is 21.3 Å². The Bertz CT molecular complexity index is 1170. The van der Waals surface area contributed by atoms with E-state index in [0.29, 0.717) is 46.3 Å². The third-order valence-electron chi connectivity index (χ3n) is 6.46. The molecule has 3 atom stereocenters. The summed E-state index contributed by atoms with van der Waals surface area (Å²) in [5.74, 6) is -0.660. The van der Waals surface area contributed by atoms with Crippen LogP contribution < -0.4 is 9.47 Å². The van der Waals surface area contributed by atoms with Gasteiger partial charge in [0.25, 0.3) is 0 Å². The smallest absolute Gasteiger partial charge is 0.315 e. The van der Waals surface area contributed by atoms with Crippen molar-refractivity contribution in [3.63, 3.8) is 0 Å². The number of carbonyl (C=O) groups is 2. The number of allylic oxidation sites excluding steroid dienone is 2. The molecule has 0 radical (unpaired) electrons. The van der Waals surface area contributed by atoms with E-state index in [0.717, 1.165) is 11.1 Å². The maximum Gasteiger partial charge on any atom is 0.315 e. The summed E-state index contributed by atoms with van der Waals surface area (Å²) in [4.78, 5) is 31.1. The summed E-state index contributed by atoms with van der Waals surface area (Å²) in [6.45, 7) is 1.81. The Hall–Kier alpha value is -3.12. The van der Waals surface area contributed by atoms with Crippen molar-refractivity contribution in [1.82, 2.24) is 0 Å². The molecule has 0 bridgehead atoms. The quantitative estimate of drug-likeness (QED) is 0.571. The van der Waals surface area contributed by atoms with Crippen LogP contribution >= 0.6 is 11.6 Å². The second-order valence-electron chi connectivity index (χ2n) is 8.26. The van der Waals surface area contributed by atoms with E-state index in [-0.39, 0.29) is 11.7 Å². The number of aliphatic imine (C=N–C) groups is 1. The SMILES string of the molecule is COC(=O)C1C(C)=NC2=C(C(=O)CC(c3ccccc3Cl)C2)C1c1ccc(OC)c(OC)c1. The molecule has 2 aromatic carbocycles. The lowest BCUT2D eigenvalue weighted by molar-refractivity contribution is -0.143. The lowest BCUT2D eigenvalue weighted by Gasteiger charge is -2.36. The van der Waals surface area contributed by atoms with E-state index < -0.39 is 17.8 Å². The number of benzene rings is 2. The first-order valence-corrected chi connectivity index (χ1v) is 11.1. The Morgan fingerprint density at radius 2 is 1.76 bits per heavy atom. The number of hydrogen-bond donors (Lipinski definition) is 0. The third kappa shape index (κ3) is 4.15. The topological polar surface area (TPSA) is 74.2 Å². The van der Waals surface area contributed by atoms with Crippen LogP contribution in [0.4, 0.5) is 0 Å². The monoisotopic (exact) mass is 467 g/mol. The zero-order valence-corrected chi connectivity index (χ0v) is 19.8. The summed E-state index contributed by atoms with van der Waals surface area (Å²) in [7, 11) is 4.46. The number of Topliss-reactive ketones (excluding diaryl/α,β-unsaturated/α-hetero) is 1. The number of carbonyl (C=O) groups excluding carboxylic acids is 2. The predicted octanol–water partition coefficient (Wildman–Crippen LogP) is 5.11. The van der Waals surface area contributed by atoms with Crippen LogP contribution in [0.5, 0.6) is 11.5 Å². The minimum absolute atomic E-state index is 0.0360. The molecule has 0 saturated carbocycles. The highest BCUT2D eigenvalue weighted by Crippen LogP contribution is 2.48. The molecule has 0 spiro atoms. The van der Waals surface area contributed by atoms with Gasteiger partial charge in [0.05, 0.1) is 21.3 Å². The molecule has 6 nitrogen and oxygen atoms in total. The predicted molar refractivity (Wildman–Crippen MR) is 126 cm³/mol. The molecule has 0 saturated heterocycles. The molecule has 0 amide bonds. The zero-order valence-electron chi connectivity index (χ0n) is 19.1. The molecule has 7 heteroatoms. The Morgan fingerprint density at radius 1 is 1.03 bits per heavy atom. The van der Waals surface area contributed by atoms with Crippen LogP contribution in [0.3, 0.4) is 0 Å². The van der Waals surface area contributed by atoms with Crippen molar-refractivity contribution in [1.29, 1.82) is 0 Å². The highest BCUT2D eigenvalue weighted by Gasteiger charge is 2.45. The van der Waals surface area contributed by atoms with Gasteiger partial charge < -0.3 is 14.2 Å². The van der Waals surface area contributed by atoms with Gasteiger partial charge in [-0.3, -0.25) is 14.6 Å². The molecule has 4 rings (SSSR count). The van der Waals surface area contributed by atoms with Crippen molar-refractivity contribution in [3.05, 3.63) is 69.9 Å². The normalized spacial score (nSPS) is 22.4. The van der Waals surface area contributed by atoms with Gasteiger partial charge in [-0.1, -0.05) is 35.9 Å². The molecule has 33 heavy (non-hydrogen) atoms. The molecule has 2 aromatic rings. The summed E-state index contributed by atoms with van der Waals surface area (Å²) in [6.07, 6.45) is 0.870. The summed E-state index contributed by atoms with van der Waals surface area (Å²) >= 11 is 6.43. The Morgan fingerprint density at radius 3 is 2.42 bits per heavy atom. The van der Waals surface area contributed by atoms with Crippen LogP contribution in [-0.2, 0) is 14.3 Å². The van der Waals surface area contributed by atoms with Crippen molar-refractivity contribution < 1.29 is 23.8 Å². The summed E-state index contributed by atoms with van der Waals surface area (Å²) < 4.78 is 16.0. The number of ketones is 1. The molecule has 3 unspecified atom stereocenters. The van der Waals surface area contributed by atoms with E-state index in [1.54, 1.807) is 20.3 Å². The van der Waals surface area contributed by atoms with Crippen LogP contribution in [-0.4, -0.2) is 38.8 Å². The largest absolute Gasteiger partial charge is 0.493 e. The van der Waals surface area contributed by atoms with Crippen molar-refractivity contribution in [2.24, 2.45) is 10.9 Å². The number of ether oxygens (including phenoxy) is 3. The second-order valence-corrected chi connectivity index (χ2v) is 8.66. The minimum atomic E-state index is -0.701. The standard InChI is InChI=1S/C26H26ClNO5/c1-14-23(26(30)33-4)24(15-9-10-21(31-2)22(13-15)32-3)25-19(28-14)11-16(12-20(25)29)17-7-5-6-8-18(17)27/h5-10,13,16,23-24H,11-12H2,1-4H3. The fraction of sp³-hybridized carbons (Fsp3) is 0.346. The van der Waals surface area contributed by atoms with Gasteiger partial charge in [-0.2, -0.15) is 0 Å². The van der Waals surface area contributed by atoms with Crippen molar-refractivity contribution >= 4 is 29.1 Å². The van der Waals surface area contributed by atoms with E-state index in [2.05, 4.69) is 0 Å². The third-order valence-corrected chi connectivity index (χ3v) is 6.80. The highest BCUT2D eigenvalue weighted by atomic mass is 35.5. The van der Waals surface area contributed by atoms with E-state index >= 15 is 0 Å². The van der Waals surface area contributed by atoms with Crippen LogP contribution in [0.1, 0.15) is 42.7 Å². The number of rotatable bonds is 5. The first-order chi connectivity index (χ1) is 15.9. The van der Waals surface area contributed by atoms with E-state index in [4.69, 9.17) is 30.8 Å². The molecule has 0 N–H and O–H groups in total. The first-order valence-electron chi connectivity index (χ1n) is 10.7. The number of methoxy groups -OCH3 is 3. The number of halogens is 1. The molecule has 0 fully saturated rings. The summed E-state index contributed by atoms with van der Waals surface area (Å²) in [5, 5.41) is 0.639. The fourth-order valence-corrected chi connectivity index (χ4v) is 5.21. The Balaban J connectivity index is 1.84. The lowest BCUT2D eigenvalue weighted by atomic mass is 9.69. The number of hydrogen-bond acceptors (Lipinski definition) is 6. The molecular weight excluding hydrogens is 442 g/mol. The van der Waals surface area contributed by atoms with Gasteiger partial charge in [0.2, 0.25) is 0 Å². The van der Waals surface area contributed by atoms with Crippen LogP contribution in [0.25, 0.3) is 0 Å². The minimum Gasteiger partial charge on any atom is -0.493 e. The molecule has 1 heterocycles. The maximum absolute atomic E-state index is 13.6. The molecule has 0 aromatic heterocycles. The molecular formula is C26H26ClNO5. The van der Waals surface area contributed by atoms with E-state index in [1.165, 1.54) is 7.11 Å². The molecule has 1 aliphatic heterocycles. The van der Waals surface area contributed by atoms with Gasteiger partial charge in [-0.05, 0) is 48.6 Å². The average molecular weight is 468 g/mol. The lowest BCUT2D eigenvalue weighted by Crippen LogP contribution is -2.37. The number of nitrogens with zero attached hydrogens (tertiary/aromatic N) is 1. The second kappa shape index (κ2) is 9.40. The van der Waals surface area contributed by atoms with E-state index in [1.807, 2.05) is 43.3 Å². The van der Waals surface area contributed by atoms with Gasteiger partial charge in [0.15, 0.2) is 17.3 Å². The van der Waals surface area contributed by atoms with Crippen molar-refractivity contribution in [2.45, 2.75) is 31.6 Å². The van der Waals surface area contributed by atoms with Crippen molar-refractivity contribution in [3.8, 4) is 11.5 Å². The Labute approximate surface area is 198 Å². The van der Waals surface area contributed by atoms with Gasteiger partial charge >= 0.3 is 5.97 Å². The molecule has 172 valence electrons. The first kappa shape index (κ1) is 23.1. The van der Waals surface area contributed by atoms with Gasteiger partial charge in [-0.15, -0.1) is 0 Å². The Kier molecular flexibility index (Phi) is 6.56. The van der Waals surface area contributed by atoms with Gasteiger partial charge in [0.1, 0.15) is 5.92 Å². The van der Waals surface area contributed by atoms with E-state index in [9.17, 15) is 9.59 Å². The van der Waals surface area contributed by atoms with Gasteiger partial charge in [0, 0.05) is 34.3 Å². The highest BCUT2D eigenvalue weighted by molar-refractivity contribution is 6.31. The number of esters is 1. The van der Waals surface area contributed by atoms with Crippen LogP contribution in [0.15, 0.2) is 58.7 Å². The van der Waals surface area contributed by atoms with Gasteiger partial charge in [-0.25, -0.2) is 0 Å². The molecule has 1 aliphatic carbocycles. The summed E-state index contributed by atoms with van der Waals surface area (Å²) in [6, 6.07) is 13.0. The molecule has 2 aliphatic rings. The average Bonchev–Trinajstić information content (AvgIpc) is 2.82. The van der Waals surface area contributed by atoms with Crippen LogP contribution in [0.2, 0.25) is 5.02 Å². The summed E-state index contributed by atoms with van der Waals surface area (Å²) in [5.41, 5.74) is 3.59.